The molecule has 160 valence electrons. The van der Waals surface area contributed by atoms with Crippen LogP contribution < -0.4 is 10.6 Å². The molecule has 3 aromatic rings. The number of aromatic nitrogens is 3. The second kappa shape index (κ2) is 6.79. The van der Waals surface area contributed by atoms with E-state index in [2.05, 4.69) is 54.4 Å². The average molecular weight is 418 g/mol. The minimum atomic E-state index is -0.551. The SMILES string of the molecule is Cc1cc(N2CCC(c3ccccc3)C2)cn2nc(C34CC(CO3)C4CC(N)=O)nc12. The van der Waals surface area contributed by atoms with Gasteiger partial charge in [-0.15, -0.1) is 5.10 Å². The molecule has 1 saturated carbocycles. The summed E-state index contributed by atoms with van der Waals surface area (Å²) in [6, 6.07) is 13.0. The molecule has 1 aromatic carbocycles. The van der Waals surface area contributed by atoms with Crippen LogP contribution in [0.1, 0.15) is 42.1 Å². The maximum absolute atomic E-state index is 11.6. The molecule has 7 nitrogen and oxygen atoms in total. The van der Waals surface area contributed by atoms with Crippen LogP contribution in [0.4, 0.5) is 5.69 Å². The van der Waals surface area contributed by atoms with Crippen molar-refractivity contribution < 1.29 is 9.53 Å². The smallest absolute Gasteiger partial charge is 0.217 e. The first-order valence-electron chi connectivity index (χ1n) is 11.1. The molecule has 4 aliphatic rings. The van der Waals surface area contributed by atoms with Crippen LogP contribution in [0.25, 0.3) is 5.65 Å². The molecule has 3 saturated heterocycles. The Bertz CT molecular complexity index is 1160. The van der Waals surface area contributed by atoms with E-state index in [1.54, 1.807) is 0 Å². The molecule has 4 atom stereocenters. The van der Waals surface area contributed by atoms with E-state index >= 15 is 0 Å². The molecule has 0 radical (unpaired) electrons. The molecule has 31 heavy (non-hydrogen) atoms. The van der Waals surface area contributed by atoms with Crippen molar-refractivity contribution in [2.24, 2.45) is 17.6 Å². The Morgan fingerprint density at radius 3 is 2.94 bits per heavy atom. The van der Waals surface area contributed by atoms with E-state index in [1.165, 1.54) is 11.3 Å². The predicted octanol–water partition coefficient (Wildman–Crippen LogP) is 2.77. The van der Waals surface area contributed by atoms with Gasteiger partial charge in [-0.2, -0.15) is 0 Å². The van der Waals surface area contributed by atoms with Gasteiger partial charge >= 0.3 is 0 Å². The van der Waals surface area contributed by atoms with E-state index in [0.29, 0.717) is 30.7 Å². The summed E-state index contributed by atoms with van der Waals surface area (Å²) in [6.45, 7) is 4.78. The number of ether oxygens (including phenoxy) is 1. The predicted molar refractivity (Wildman–Crippen MR) is 117 cm³/mol. The van der Waals surface area contributed by atoms with Gasteiger partial charge < -0.3 is 15.4 Å². The van der Waals surface area contributed by atoms with Crippen molar-refractivity contribution in [1.82, 2.24) is 14.6 Å². The maximum atomic E-state index is 11.6. The van der Waals surface area contributed by atoms with Crippen molar-refractivity contribution in [3.63, 3.8) is 0 Å². The van der Waals surface area contributed by atoms with E-state index in [1.807, 2.05) is 4.52 Å². The summed E-state index contributed by atoms with van der Waals surface area (Å²) >= 11 is 0. The first-order chi connectivity index (χ1) is 15.0. The molecule has 2 N–H and O–H groups in total. The number of fused-ring (bicyclic) bond motifs is 2. The molecule has 7 rings (SSSR count). The molecule has 7 heteroatoms. The molecule has 2 bridgehead atoms. The third kappa shape index (κ3) is 2.86. The normalized spacial score (nSPS) is 29.5. The van der Waals surface area contributed by atoms with Crippen molar-refractivity contribution in [1.29, 1.82) is 0 Å². The Morgan fingerprint density at radius 2 is 2.16 bits per heavy atom. The monoisotopic (exact) mass is 417 g/mol. The molecule has 0 spiro atoms. The summed E-state index contributed by atoms with van der Waals surface area (Å²) < 4.78 is 8.01. The lowest BCUT2D eigenvalue weighted by Gasteiger charge is -2.42. The first kappa shape index (κ1) is 18.8. The highest BCUT2D eigenvalue weighted by Gasteiger charge is 2.64. The van der Waals surface area contributed by atoms with Gasteiger partial charge in [0.05, 0.1) is 18.5 Å². The molecule has 3 aliphatic heterocycles. The van der Waals surface area contributed by atoms with Crippen LogP contribution in [-0.4, -0.2) is 40.2 Å². The van der Waals surface area contributed by atoms with Gasteiger partial charge in [-0.1, -0.05) is 30.3 Å². The molecular formula is C24H27N5O2. The van der Waals surface area contributed by atoms with E-state index in [0.717, 1.165) is 37.1 Å². The van der Waals surface area contributed by atoms with Crippen LogP contribution in [0.15, 0.2) is 42.6 Å². The molecule has 5 heterocycles. The topological polar surface area (TPSA) is 85.8 Å². The number of nitrogens with zero attached hydrogens (tertiary/aromatic N) is 4. The van der Waals surface area contributed by atoms with Crippen LogP contribution in [0.5, 0.6) is 0 Å². The van der Waals surface area contributed by atoms with Gasteiger partial charge in [-0.05, 0) is 42.9 Å². The van der Waals surface area contributed by atoms with Crippen LogP contribution in [-0.2, 0) is 15.1 Å². The van der Waals surface area contributed by atoms with E-state index < -0.39 is 5.60 Å². The molecular weight excluding hydrogens is 390 g/mol. The fourth-order valence-corrected chi connectivity index (χ4v) is 5.85. The lowest BCUT2D eigenvalue weighted by Crippen LogP contribution is -2.47. The number of hydrogen-bond donors (Lipinski definition) is 1. The number of benzene rings is 1. The molecule has 4 fully saturated rings. The van der Waals surface area contributed by atoms with Crippen LogP contribution >= 0.6 is 0 Å². The molecule has 1 aliphatic carbocycles. The van der Waals surface area contributed by atoms with E-state index in [-0.39, 0.29) is 11.8 Å². The Balaban J connectivity index is 1.30. The molecule has 1 amide bonds. The number of rotatable bonds is 5. The van der Waals surface area contributed by atoms with Crippen molar-refractivity contribution in [2.45, 2.75) is 37.7 Å². The van der Waals surface area contributed by atoms with Crippen molar-refractivity contribution >= 4 is 17.2 Å². The Kier molecular flexibility index (Phi) is 4.12. The Labute approximate surface area is 181 Å². The van der Waals surface area contributed by atoms with Crippen LogP contribution in [0.2, 0.25) is 0 Å². The number of anilines is 1. The number of amides is 1. The van der Waals surface area contributed by atoms with Gasteiger partial charge in [0.25, 0.3) is 0 Å². The zero-order chi connectivity index (χ0) is 21.2. The van der Waals surface area contributed by atoms with Gasteiger partial charge in [0, 0.05) is 31.3 Å². The second-order valence-corrected chi connectivity index (χ2v) is 9.37. The largest absolute Gasteiger partial charge is 0.370 e. The average Bonchev–Trinajstić information content (AvgIpc) is 3.54. The van der Waals surface area contributed by atoms with Crippen molar-refractivity contribution in [3.05, 3.63) is 59.5 Å². The van der Waals surface area contributed by atoms with Gasteiger partial charge in [0.2, 0.25) is 5.91 Å². The van der Waals surface area contributed by atoms with Crippen LogP contribution in [0.3, 0.4) is 0 Å². The van der Waals surface area contributed by atoms with Gasteiger partial charge in [-0.25, -0.2) is 9.50 Å². The van der Waals surface area contributed by atoms with E-state index in [9.17, 15) is 4.79 Å². The zero-order valence-corrected chi connectivity index (χ0v) is 17.7. The third-order valence-corrected chi connectivity index (χ3v) is 7.52. The lowest BCUT2D eigenvalue weighted by atomic mass is 9.62. The zero-order valence-electron chi connectivity index (χ0n) is 17.7. The third-order valence-electron chi connectivity index (χ3n) is 7.52. The summed E-state index contributed by atoms with van der Waals surface area (Å²) in [6.07, 6.45) is 4.44. The summed E-state index contributed by atoms with van der Waals surface area (Å²) in [4.78, 5) is 18.8. The maximum Gasteiger partial charge on any atom is 0.217 e. The van der Waals surface area contributed by atoms with Crippen molar-refractivity contribution in [2.75, 3.05) is 24.6 Å². The second-order valence-electron chi connectivity index (χ2n) is 9.37. The highest BCUT2D eigenvalue weighted by Crippen LogP contribution is 2.60. The number of primary amides is 1. The summed E-state index contributed by atoms with van der Waals surface area (Å²) in [7, 11) is 0. The summed E-state index contributed by atoms with van der Waals surface area (Å²) in [5, 5.41) is 4.83. The number of aryl methyl sites for hydroxylation is 1. The Morgan fingerprint density at radius 1 is 1.32 bits per heavy atom. The highest BCUT2D eigenvalue weighted by molar-refractivity contribution is 5.74. The van der Waals surface area contributed by atoms with Gasteiger partial charge in [0.15, 0.2) is 11.5 Å². The lowest BCUT2D eigenvalue weighted by molar-refractivity contribution is -0.125. The van der Waals surface area contributed by atoms with Gasteiger partial charge in [0.1, 0.15) is 5.60 Å². The quantitative estimate of drug-likeness (QED) is 0.690. The Hall–Kier alpha value is -2.93. The summed E-state index contributed by atoms with van der Waals surface area (Å²) in [5.74, 6) is 1.43. The van der Waals surface area contributed by atoms with Crippen LogP contribution in [0, 0.1) is 18.8 Å². The summed E-state index contributed by atoms with van der Waals surface area (Å²) in [5.41, 5.74) is 9.46. The number of carbonyl (C=O) groups excluding carboxylic acids is 1. The highest BCUT2D eigenvalue weighted by atomic mass is 16.5. The van der Waals surface area contributed by atoms with Crippen molar-refractivity contribution in [3.8, 4) is 0 Å². The molecule has 2 aromatic heterocycles. The number of hydrogen-bond acceptors (Lipinski definition) is 5. The number of carbonyl (C=O) groups is 1. The minimum absolute atomic E-state index is 0.0902. The first-order valence-corrected chi connectivity index (χ1v) is 11.1. The van der Waals surface area contributed by atoms with Gasteiger partial charge in [-0.3, -0.25) is 4.79 Å². The minimum Gasteiger partial charge on any atom is -0.370 e. The fourth-order valence-electron chi connectivity index (χ4n) is 5.85. The van der Waals surface area contributed by atoms with E-state index in [4.69, 9.17) is 20.6 Å². The number of pyridine rings is 1. The standard InChI is InChI=1S/C24H27N5O2/c1-15-9-19(28-8-7-17(12-28)16-5-3-2-4-6-16)13-29-22(15)26-23(27-29)24-11-18(14-31-24)20(24)10-21(25)30/h2-6,9,13,17-18,20H,7-8,10-12,14H2,1H3,(H2,25,30). The number of nitrogens with two attached hydrogens (primary N) is 1. The molecule has 4 unspecified atom stereocenters. The fraction of sp³-hybridized carbons (Fsp3) is 0.458.